The molecule has 0 spiro atoms. The molecule has 0 saturated heterocycles. The molecule has 16 fully saturated rings. The number of rotatable bonds is 12. The summed E-state index contributed by atoms with van der Waals surface area (Å²) >= 11 is 0. The van der Waals surface area contributed by atoms with Crippen molar-refractivity contribution in [1.29, 1.82) is 0 Å². The third-order valence-electron chi connectivity index (χ3n) is 30.4. The average Bonchev–Trinajstić information content (AvgIpc) is 1.52. The molecule has 502 valence electrons. The minimum Gasteiger partial charge on any atom is -0.456 e. The van der Waals surface area contributed by atoms with Gasteiger partial charge < -0.3 is 28.4 Å². The smallest absolute Gasteiger partial charge is 0.333 e. The van der Waals surface area contributed by atoms with Crippen molar-refractivity contribution in [3.05, 3.63) is 85.1 Å². The van der Waals surface area contributed by atoms with Crippen molar-refractivity contribution in [1.82, 2.24) is 0 Å². The van der Waals surface area contributed by atoms with Crippen LogP contribution in [0.5, 0.6) is 0 Å². The van der Waals surface area contributed by atoms with Gasteiger partial charge in [-0.1, -0.05) is 57.2 Å². The fourth-order valence-corrected chi connectivity index (χ4v) is 27.0. The van der Waals surface area contributed by atoms with Gasteiger partial charge in [0.25, 0.3) is 0 Å². The van der Waals surface area contributed by atoms with Crippen LogP contribution in [0.1, 0.15) is 191 Å². The molecule has 18 rings (SSSR count). The van der Waals surface area contributed by atoms with Gasteiger partial charge in [-0.15, -0.1) is 0 Å². The van der Waals surface area contributed by atoms with Crippen molar-refractivity contribution in [2.75, 3.05) is 13.7 Å². The van der Waals surface area contributed by atoms with E-state index in [1.54, 1.807) is 41.7 Å². The molecule has 18 aliphatic carbocycles. The van der Waals surface area contributed by atoms with Crippen molar-refractivity contribution >= 4 is 29.8 Å². The fourth-order valence-electron chi connectivity index (χ4n) is 27.0. The number of ether oxygens (including phenoxy) is 6. The van der Waals surface area contributed by atoms with Crippen molar-refractivity contribution in [3.8, 4) is 0 Å². The van der Waals surface area contributed by atoms with E-state index in [9.17, 15) is 24.0 Å². The Morgan fingerprint density at radius 1 is 0.370 bits per heavy atom. The van der Waals surface area contributed by atoms with Gasteiger partial charge >= 0.3 is 29.8 Å². The predicted octanol–water partition coefficient (Wildman–Crippen LogP) is 16.1. The zero-order valence-electron chi connectivity index (χ0n) is 57.9. The topological polar surface area (TPSA) is 141 Å². The van der Waals surface area contributed by atoms with Crippen molar-refractivity contribution in [2.45, 2.75) is 219 Å². The van der Waals surface area contributed by atoms with E-state index >= 15 is 0 Å². The molecule has 18 aliphatic rings. The number of methoxy groups -OCH3 is 1. The van der Waals surface area contributed by atoms with Crippen LogP contribution in [0.4, 0.5) is 0 Å². The van der Waals surface area contributed by atoms with Gasteiger partial charge in [0.2, 0.25) is 0 Å². The molecule has 11 heteroatoms. The van der Waals surface area contributed by atoms with Crippen LogP contribution in [-0.2, 0) is 52.4 Å². The summed E-state index contributed by atoms with van der Waals surface area (Å²) in [5.74, 6) is 20.0. The van der Waals surface area contributed by atoms with Crippen molar-refractivity contribution in [2.24, 2.45) is 153 Å². The molecule has 0 heterocycles. The Hall–Kier alpha value is -4.51. The molecule has 16 bridgehead atoms. The average molecular weight is 1260 g/mol. The summed E-state index contributed by atoms with van der Waals surface area (Å²) < 4.78 is 34.4. The molecule has 0 aromatic rings. The lowest BCUT2D eigenvalue weighted by Crippen LogP contribution is -2.50. The molecular weight excluding hydrogens is 1150 g/mol. The second-order valence-electron chi connectivity index (χ2n) is 35.8. The molecule has 16 saturated carbocycles. The summed E-state index contributed by atoms with van der Waals surface area (Å²) in [6.07, 6.45) is 33.7. The predicted molar refractivity (Wildman–Crippen MR) is 354 cm³/mol. The molecule has 11 nitrogen and oxygen atoms in total. The molecular formula is C81H112O11. The molecule has 0 aromatic heterocycles. The van der Waals surface area contributed by atoms with Crippen LogP contribution in [0.15, 0.2) is 85.1 Å². The van der Waals surface area contributed by atoms with Crippen LogP contribution < -0.4 is 0 Å². The van der Waals surface area contributed by atoms with E-state index in [4.69, 9.17) is 28.4 Å². The van der Waals surface area contributed by atoms with Gasteiger partial charge in [0, 0.05) is 58.6 Å². The van der Waals surface area contributed by atoms with Crippen molar-refractivity contribution in [3.63, 3.8) is 0 Å². The highest BCUT2D eigenvalue weighted by Gasteiger charge is 2.73. The van der Waals surface area contributed by atoms with E-state index in [-0.39, 0.29) is 57.7 Å². The Labute approximate surface area is 551 Å². The Morgan fingerprint density at radius 2 is 0.783 bits per heavy atom. The summed E-state index contributed by atoms with van der Waals surface area (Å²) in [6, 6.07) is 0. The quantitative estimate of drug-likeness (QED) is 0.0606. The van der Waals surface area contributed by atoms with Gasteiger partial charge in [-0.05, 0) is 316 Å². The lowest BCUT2D eigenvalue weighted by Gasteiger charge is -2.52. The molecule has 0 aromatic carbocycles. The van der Waals surface area contributed by atoms with Gasteiger partial charge in [0.1, 0.15) is 28.0 Å². The largest absolute Gasteiger partial charge is 0.456 e. The Morgan fingerprint density at radius 3 is 1.26 bits per heavy atom. The molecule has 0 amide bonds. The minimum atomic E-state index is -0.460. The highest BCUT2D eigenvalue weighted by molar-refractivity contribution is 5.89. The highest BCUT2D eigenvalue weighted by atomic mass is 16.6. The maximum absolute atomic E-state index is 12.0. The number of esters is 5. The number of hydrogen-bond donors (Lipinski definition) is 0. The first kappa shape index (κ1) is 64.8. The summed E-state index contributed by atoms with van der Waals surface area (Å²) in [7, 11) is 1.69. The minimum absolute atomic E-state index is 0.155. The van der Waals surface area contributed by atoms with Gasteiger partial charge in [-0.3, -0.25) is 0 Å². The fraction of sp³-hybridized carbons (Fsp3) is 0.765. The summed E-state index contributed by atoms with van der Waals surface area (Å²) in [4.78, 5) is 59.3. The van der Waals surface area contributed by atoms with E-state index in [2.05, 4.69) is 84.9 Å². The number of fused-ring (bicyclic) bond motifs is 37. The van der Waals surface area contributed by atoms with E-state index < -0.39 is 5.60 Å². The Bertz CT molecular complexity index is 3180. The molecule has 31 unspecified atom stereocenters. The van der Waals surface area contributed by atoms with Crippen LogP contribution in [0.25, 0.3) is 0 Å². The monoisotopic (exact) mass is 1260 g/mol. The molecule has 0 radical (unpaired) electrons. The lowest BCUT2D eigenvalue weighted by molar-refractivity contribution is -0.167. The van der Waals surface area contributed by atoms with E-state index in [0.717, 1.165) is 157 Å². The van der Waals surface area contributed by atoms with Gasteiger partial charge in [0.15, 0.2) is 0 Å². The number of hydrogen-bond acceptors (Lipinski definition) is 11. The molecule has 0 N–H and O–H groups in total. The van der Waals surface area contributed by atoms with Gasteiger partial charge in [-0.2, -0.15) is 0 Å². The van der Waals surface area contributed by atoms with Crippen LogP contribution >= 0.6 is 0 Å². The molecule has 0 aliphatic heterocycles. The van der Waals surface area contributed by atoms with Gasteiger partial charge in [0.05, 0.1) is 12.0 Å². The van der Waals surface area contributed by atoms with E-state index in [1.165, 1.54) is 83.5 Å². The summed E-state index contributed by atoms with van der Waals surface area (Å²) in [6.45, 7) is 38.4. The lowest BCUT2D eigenvalue weighted by atomic mass is 9.55. The Balaban J connectivity index is 0.000000100. The highest BCUT2D eigenvalue weighted by Crippen LogP contribution is 2.77. The SMILES string of the molecule is C=C(C)C(=O)OC1(C)CC2C=CC1(COC)C2.C=C(C)C(=O)OC1(C)CC2CC1C1C3C=CC(C3)C21.C=C(C)C(=O)OC1(C)CC2CC1C1C3CC(C4CCC43)C21.C=C(C)C(=O)OC1(C)CC2CC1C1C3CCC(C3)C21.C=C(C)C(=O)OC1(C)CC2CC1C1CCC21. The van der Waals surface area contributed by atoms with Crippen LogP contribution in [-0.4, -0.2) is 71.6 Å². The first-order valence-corrected chi connectivity index (χ1v) is 36.7. The molecule has 31 atom stereocenters. The zero-order chi connectivity index (χ0) is 65.4. The second kappa shape index (κ2) is 22.8. The summed E-state index contributed by atoms with van der Waals surface area (Å²) in [5.41, 5.74) is 1.13. The van der Waals surface area contributed by atoms with E-state index in [1.807, 2.05) is 6.92 Å². The Kier molecular flexibility index (Phi) is 16.1. The third kappa shape index (κ3) is 10.1. The number of allylic oxidation sites excluding steroid dienone is 3. The first-order valence-electron chi connectivity index (χ1n) is 36.7. The number of carbonyl (C=O) groups excluding carboxylic acids is 5. The maximum Gasteiger partial charge on any atom is 0.333 e. The summed E-state index contributed by atoms with van der Waals surface area (Å²) in [5, 5.41) is 0. The molecule has 92 heavy (non-hydrogen) atoms. The van der Waals surface area contributed by atoms with Crippen LogP contribution in [0.2, 0.25) is 0 Å². The van der Waals surface area contributed by atoms with E-state index in [0.29, 0.717) is 64.1 Å². The second-order valence-corrected chi connectivity index (χ2v) is 35.8. The van der Waals surface area contributed by atoms with Crippen LogP contribution in [0.3, 0.4) is 0 Å². The maximum atomic E-state index is 12.0. The normalized spacial score (nSPS) is 50.8. The van der Waals surface area contributed by atoms with Crippen molar-refractivity contribution < 1.29 is 52.4 Å². The van der Waals surface area contributed by atoms with Crippen LogP contribution in [0, 0.1) is 153 Å². The third-order valence-corrected chi connectivity index (χ3v) is 30.4. The standard InChI is InChI=1S/C19H26O2.C17H24O2.C17H22O2.C14H20O3.C14H20O2/c1-9(2)18(20)21-19(3)8-10-6-15(19)17-14-7-13(16(10)17)11-4-5-12(11)14;2*1-9(2)16(18)19-17(3)8-12-7-13(17)15-11-5-4-10(6-11)14(12)15;1-10(2)12(15)17-13(3)7-11-5-6-14(13,8-11)9-16-4;1-8(2)13(15)16-14(3)7-9-6-12(14)11-5-4-10(9)11/h10-17H,1,4-8H2,2-3H3;10-15H,1,4-8H2,2-3H3;4-5,10-15H,1,6-8H2,2-3H3;5-6,11H,1,7-9H2,2-4H3;9-12H,1,4-7H2,2-3H3. The zero-order valence-corrected chi connectivity index (χ0v) is 57.9. The number of carbonyl (C=O) groups is 5. The van der Waals surface area contributed by atoms with Gasteiger partial charge in [-0.25, -0.2) is 24.0 Å². The first-order chi connectivity index (χ1) is 43.4.